The van der Waals surface area contributed by atoms with Gasteiger partial charge in [-0.15, -0.1) is 10.2 Å². The summed E-state index contributed by atoms with van der Waals surface area (Å²) in [6, 6.07) is 18.0. The van der Waals surface area contributed by atoms with Crippen LogP contribution >= 0.6 is 11.8 Å². The summed E-state index contributed by atoms with van der Waals surface area (Å²) < 4.78 is 9.38. The lowest BCUT2D eigenvalue weighted by Gasteiger charge is -2.15. The predicted molar refractivity (Wildman–Crippen MR) is 138 cm³/mol. The van der Waals surface area contributed by atoms with Crippen LogP contribution in [0, 0.1) is 13.8 Å². The molecule has 0 bridgehead atoms. The van der Waals surface area contributed by atoms with Crippen molar-refractivity contribution in [2.75, 3.05) is 11.9 Å². The van der Waals surface area contributed by atoms with Crippen LogP contribution in [0.4, 0.5) is 5.69 Å². The van der Waals surface area contributed by atoms with Crippen molar-refractivity contribution < 1.29 is 9.53 Å². The van der Waals surface area contributed by atoms with Gasteiger partial charge in [-0.2, -0.15) is 5.10 Å². The van der Waals surface area contributed by atoms with Crippen LogP contribution in [-0.2, 0) is 18.3 Å². The van der Waals surface area contributed by atoms with Crippen LogP contribution in [0.3, 0.4) is 0 Å². The largest absolute Gasteiger partial charge is 0.494 e. The summed E-state index contributed by atoms with van der Waals surface area (Å²) in [6.45, 7) is 8.26. The van der Waals surface area contributed by atoms with E-state index >= 15 is 0 Å². The Balaban J connectivity index is 1.61. The van der Waals surface area contributed by atoms with Crippen LogP contribution in [0.1, 0.15) is 36.6 Å². The van der Waals surface area contributed by atoms with E-state index in [1.807, 2.05) is 81.8 Å². The summed E-state index contributed by atoms with van der Waals surface area (Å²) in [5.74, 6) is 1.49. The molecule has 0 aliphatic heterocycles. The Morgan fingerprint density at radius 2 is 1.80 bits per heavy atom. The summed E-state index contributed by atoms with van der Waals surface area (Å²) in [5.41, 5.74) is 4.51. The van der Waals surface area contributed by atoms with E-state index in [4.69, 9.17) is 4.74 Å². The van der Waals surface area contributed by atoms with Crippen LogP contribution < -0.4 is 10.1 Å². The van der Waals surface area contributed by atoms with Crippen LogP contribution in [0.5, 0.6) is 5.75 Å². The van der Waals surface area contributed by atoms with Crippen molar-refractivity contribution in [3.8, 4) is 11.4 Å². The normalized spacial score (nSPS) is 11.9. The van der Waals surface area contributed by atoms with Gasteiger partial charge in [-0.05, 0) is 57.5 Å². The second-order valence-corrected chi connectivity index (χ2v) is 9.55. The number of ether oxygens (including phenoxy) is 1. The van der Waals surface area contributed by atoms with Crippen molar-refractivity contribution >= 4 is 23.4 Å². The van der Waals surface area contributed by atoms with E-state index in [0.29, 0.717) is 18.2 Å². The number of nitrogens with zero attached hydrogens (tertiary/aromatic N) is 5. The zero-order chi connectivity index (χ0) is 24.9. The van der Waals surface area contributed by atoms with Crippen LogP contribution in [0.25, 0.3) is 5.69 Å². The van der Waals surface area contributed by atoms with Gasteiger partial charge in [0.05, 0.1) is 28.9 Å². The number of aromatic nitrogens is 5. The Kier molecular flexibility index (Phi) is 7.55. The van der Waals surface area contributed by atoms with Gasteiger partial charge in [-0.25, -0.2) is 0 Å². The number of amides is 1. The number of hydrogen-bond donors (Lipinski definition) is 1. The fourth-order valence-corrected chi connectivity index (χ4v) is 4.66. The first-order valence-electron chi connectivity index (χ1n) is 11.6. The molecule has 35 heavy (non-hydrogen) atoms. The van der Waals surface area contributed by atoms with E-state index in [1.165, 1.54) is 11.8 Å². The Hall–Kier alpha value is -3.59. The highest BCUT2D eigenvalue weighted by molar-refractivity contribution is 8.00. The average molecular weight is 491 g/mol. The summed E-state index contributed by atoms with van der Waals surface area (Å²) in [6.07, 6.45) is 0.621. The minimum Gasteiger partial charge on any atom is -0.494 e. The molecule has 0 unspecified atom stereocenters. The maximum Gasteiger partial charge on any atom is 0.237 e. The van der Waals surface area contributed by atoms with Gasteiger partial charge >= 0.3 is 0 Å². The molecule has 0 aliphatic carbocycles. The van der Waals surface area contributed by atoms with Crippen LogP contribution in [-0.4, -0.2) is 42.3 Å². The van der Waals surface area contributed by atoms with E-state index in [9.17, 15) is 4.79 Å². The number of hydrogen-bond acceptors (Lipinski definition) is 6. The minimum atomic E-state index is -0.399. The molecule has 0 radical (unpaired) electrons. The molecule has 8 nitrogen and oxygen atoms in total. The van der Waals surface area contributed by atoms with Gasteiger partial charge in [0.25, 0.3) is 0 Å². The highest BCUT2D eigenvalue weighted by atomic mass is 32.2. The zero-order valence-electron chi connectivity index (χ0n) is 20.6. The SMILES string of the molecule is CCOc1ccc(-n2c(Cc3ccccc3)nnc2S[C@@H](C)C(=O)Nc2c(C)nn(C)c2C)cc1. The number of rotatable bonds is 9. The smallest absolute Gasteiger partial charge is 0.237 e. The molecule has 4 rings (SSSR count). The molecule has 0 spiro atoms. The van der Waals surface area contributed by atoms with Crippen molar-refractivity contribution in [2.24, 2.45) is 7.05 Å². The van der Waals surface area contributed by atoms with E-state index < -0.39 is 5.25 Å². The fraction of sp³-hybridized carbons (Fsp3) is 0.308. The number of anilines is 1. The van der Waals surface area contributed by atoms with E-state index in [0.717, 1.165) is 39.9 Å². The monoisotopic (exact) mass is 490 g/mol. The molecule has 182 valence electrons. The molecule has 1 N–H and O–H groups in total. The zero-order valence-corrected chi connectivity index (χ0v) is 21.5. The molecule has 2 aromatic carbocycles. The van der Waals surface area contributed by atoms with Gasteiger partial charge in [0.1, 0.15) is 11.6 Å². The third kappa shape index (κ3) is 5.57. The Labute approximate surface area is 209 Å². The molecular formula is C26H30N6O2S. The number of benzene rings is 2. The van der Waals surface area contributed by atoms with Gasteiger partial charge in [0.2, 0.25) is 5.91 Å². The molecule has 0 saturated carbocycles. The molecular weight excluding hydrogens is 460 g/mol. The Morgan fingerprint density at radius 1 is 1.09 bits per heavy atom. The maximum atomic E-state index is 13.0. The molecule has 0 fully saturated rings. The number of thioether (sulfide) groups is 1. The Morgan fingerprint density at radius 3 is 2.43 bits per heavy atom. The number of carbonyl (C=O) groups is 1. The topological polar surface area (TPSA) is 86.9 Å². The average Bonchev–Trinajstić information content (AvgIpc) is 3.35. The minimum absolute atomic E-state index is 0.111. The van der Waals surface area contributed by atoms with Gasteiger partial charge in [-0.3, -0.25) is 14.0 Å². The second kappa shape index (κ2) is 10.8. The van der Waals surface area contributed by atoms with Crippen molar-refractivity contribution in [2.45, 2.75) is 44.5 Å². The van der Waals surface area contributed by atoms with Gasteiger partial charge in [-0.1, -0.05) is 42.1 Å². The fourth-order valence-electron chi connectivity index (χ4n) is 3.78. The lowest BCUT2D eigenvalue weighted by molar-refractivity contribution is -0.115. The van der Waals surface area contributed by atoms with Crippen molar-refractivity contribution in [1.82, 2.24) is 24.5 Å². The maximum absolute atomic E-state index is 13.0. The number of carbonyl (C=O) groups excluding carboxylic acids is 1. The summed E-state index contributed by atoms with van der Waals surface area (Å²) in [4.78, 5) is 13.0. The summed E-state index contributed by atoms with van der Waals surface area (Å²) >= 11 is 1.38. The summed E-state index contributed by atoms with van der Waals surface area (Å²) in [7, 11) is 1.86. The highest BCUT2D eigenvalue weighted by Gasteiger charge is 2.23. The molecule has 9 heteroatoms. The first-order chi connectivity index (χ1) is 16.9. The standard InChI is InChI=1S/C26H30N6O2S/c1-6-34-22-14-12-21(13-15-22)32-23(16-20-10-8-7-9-11-20)28-29-26(32)35-19(4)25(33)27-24-17(2)30-31(5)18(24)3/h7-15,19H,6,16H2,1-5H3,(H,27,33)/t19-/m0/s1. The molecule has 2 aromatic heterocycles. The predicted octanol–water partition coefficient (Wildman–Crippen LogP) is 4.73. The quantitative estimate of drug-likeness (QED) is 0.342. The van der Waals surface area contributed by atoms with E-state index in [-0.39, 0.29) is 5.91 Å². The van der Waals surface area contributed by atoms with E-state index in [2.05, 4.69) is 32.7 Å². The molecule has 1 atom stereocenters. The van der Waals surface area contributed by atoms with Crippen molar-refractivity contribution in [3.05, 3.63) is 77.4 Å². The van der Waals surface area contributed by atoms with Gasteiger partial charge in [0, 0.05) is 19.2 Å². The number of aryl methyl sites for hydroxylation is 2. The van der Waals surface area contributed by atoms with Crippen LogP contribution in [0.15, 0.2) is 59.8 Å². The Bertz CT molecular complexity index is 1300. The lowest BCUT2D eigenvalue weighted by Crippen LogP contribution is -2.23. The second-order valence-electron chi connectivity index (χ2n) is 8.24. The third-order valence-electron chi connectivity index (χ3n) is 5.72. The molecule has 0 aliphatic rings. The molecule has 0 saturated heterocycles. The van der Waals surface area contributed by atoms with Gasteiger partial charge in [0.15, 0.2) is 5.16 Å². The van der Waals surface area contributed by atoms with E-state index in [1.54, 1.807) is 4.68 Å². The molecule has 2 heterocycles. The highest BCUT2D eigenvalue weighted by Crippen LogP contribution is 2.29. The first-order valence-corrected chi connectivity index (χ1v) is 12.4. The van der Waals surface area contributed by atoms with Crippen LogP contribution in [0.2, 0.25) is 0 Å². The lowest BCUT2D eigenvalue weighted by atomic mass is 10.1. The first kappa shape index (κ1) is 24.5. The van der Waals surface area contributed by atoms with Crippen molar-refractivity contribution in [1.29, 1.82) is 0 Å². The molecule has 4 aromatic rings. The molecule has 1 amide bonds. The number of nitrogens with one attached hydrogen (secondary N) is 1. The van der Waals surface area contributed by atoms with Gasteiger partial charge < -0.3 is 10.1 Å². The summed E-state index contributed by atoms with van der Waals surface area (Å²) in [5, 5.41) is 16.6. The van der Waals surface area contributed by atoms with Crippen molar-refractivity contribution in [3.63, 3.8) is 0 Å². The third-order valence-corrected chi connectivity index (χ3v) is 6.76.